The molecule has 3 N–H and O–H groups in total. The summed E-state index contributed by atoms with van der Waals surface area (Å²) in [7, 11) is 0. The number of nitrogens with one attached hydrogen (secondary N) is 2. The van der Waals surface area contributed by atoms with E-state index in [1.807, 2.05) is 24.3 Å². The summed E-state index contributed by atoms with van der Waals surface area (Å²) in [5.74, 6) is -0.0529. The standard InChI is InChI=1S/C23H24N4O4/c28-12-13-31-20-9-8-19(21(27-20)23(30)25-14-15-4-3-5-15)26-22(29)17-10-11-24-18-7-2-1-6-16(17)18/h1-2,6-11,15,28H,3-5,12-14H2,(H,25,30)(H,26,29). The van der Waals surface area contributed by atoms with E-state index in [0.717, 1.165) is 12.8 Å². The number of amides is 2. The van der Waals surface area contributed by atoms with Crippen LogP contribution in [0.4, 0.5) is 5.69 Å². The van der Waals surface area contributed by atoms with Crippen molar-refractivity contribution in [3.8, 4) is 5.88 Å². The number of carbonyl (C=O) groups is 2. The van der Waals surface area contributed by atoms with Gasteiger partial charge in [-0.3, -0.25) is 14.6 Å². The van der Waals surface area contributed by atoms with Gasteiger partial charge in [-0.2, -0.15) is 0 Å². The predicted molar refractivity (Wildman–Crippen MR) is 116 cm³/mol. The zero-order valence-electron chi connectivity index (χ0n) is 17.0. The van der Waals surface area contributed by atoms with Crippen LogP contribution in [0.2, 0.25) is 0 Å². The lowest BCUT2D eigenvalue weighted by Gasteiger charge is -2.25. The van der Waals surface area contributed by atoms with E-state index in [-0.39, 0.29) is 42.3 Å². The van der Waals surface area contributed by atoms with Gasteiger partial charge in [-0.1, -0.05) is 24.6 Å². The van der Waals surface area contributed by atoms with Crippen LogP contribution >= 0.6 is 0 Å². The van der Waals surface area contributed by atoms with Crippen LogP contribution in [-0.2, 0) is 0 Å². The molecule has 1 aromatic carbocycles. The molecule has 4 rings (SSSR count). The fourth-order valence-corrected chi connectivity index (χ4v) is 3.45. The summed E-state index contributed by atoms with van der Waals surface area (Å²) >= 11 is 0. The third-order valence-electron chi connectivity index (χ3n) is 5.34. The van der Waals surface area contributed by atoms with Crippen LogP contribution in [0, 0.1) is 5.92 Å². The lowest BCUT2D eigenvalue weighted by atomic mass is 9.85. The Labute approximate surface area is 179 Å². The molecule has 0 radical (unpaired) electrons. The van der Waals surface area contributed by atoms with E-state index in [2.05, 4.69) is 20.6 Å². The van der Waals surface area contributed by atoms with Crippen molar-refractivity contribution in [3.05, 3.63) is 59.9 Å². The molecular weight excluding hydrogens is 396 g/mol. The van der Waals surface area contributed by atoms with Crippen molar-refractivity contribution < 1.29 is 19.4 Å². The Balaban J connectivity index is 1.59. The first-order valence-corrected chi connectivity index (χ1v) is 10.3. The van der Waals surface area contributed by atoms with Crippen LogP contribution in [0.3, 0.4) is 0 Å². The molecule has 0 unspecified atom stereocenters. The zero-order valence-corrected chi connectivity index (χ0v) is 17.0. The molecule has 1 fully saturated rings. The monoisotopic (exact) mass is 420 g/mol. The minimum Gasteiger partial charge on any atom is -0.475 e. The second-order valence-corrected chi connectivity index (χ2v) is 7.45. The van der Waals surface area contributed by atoms with Crippen LogP contribution < -0.4 is 15.4 Å². The maximum Gasteiger partial charge on any atom is 0.272 e. The minimum atomic E-state index is -0.378. The van der Waals surface area contributed by atoms with Gasteiger partial charge in [0.25, 0.3) is 11.8 Å². The topological polar surface area (TPSA) is 113 Å². The Morgan fingerprint density at radius 1 is 1.10 bits per heavy atom. The van der Waals surface area contributed by atoms with Crippen molar-refractivity contribution >= 4 is 28.4 Å². The first-order chi connectivity index (χ1) is 15.2. The number of aliphatic hydroxyl groups excluding tert-OH is 1. The summed E-state index contributed by atoms with van der Waals surface area (Å²) in [5, 5.41) is 15.4. The zero-order chi connectivity index (χ0) is 21.6. The number of para-hydroxylation sites is 1. The average molecular weight is 420 g/mol. The summed E-state index contributed by atoms with van der Waals surface area (Å²) in [5.41, 5.74) is 1.52. The first kappa shape index (κ1) is 20.7. The minimum absolute atomic E-state index is 0.0604. The van der Waals surface area contributed by atoms with Crippen LogP contribution in [0.5, 0.6) is 5.88 Å². The quantitative estimate of drug-likeness (QED) is 0.516. The number of fused-ring (bicyclic) bond motifs is 1. The third-order valence-corrected chi connectivity index (χ3v) is 5.34. The Kier molecular flexibility index (Phi) is 6.37. The SMILES string of the molecule is O=C(NCC1CCC1)c1nc(OCCO)ccc1NC(=O)c1ccnc2ccccc12. The molecule has 3 aromatic rings. The van der Waals surface area contributed by atoms with Crippen molar-refractivity contribution in [2.24, 2.45) is 5.92 Å². The number of anilines is 1. The summed E-state index contributed by atoms with van der Waals surface area (Å²) in [4.78, 5) is 34.4. The van der Waals surface area contributed by atoms with Crippen molar-refractivity contribution in [1.29, 1.82) is 0 Å². The molecule has 31 heavy (non-hydrogen) atoms. The maximum absolute atomic E-state index is 13.0. The summed E-state index contributed by atoms with van der Waals surface area (Å²) in [6.45, 7) is 0.466. The second kappa shape index (κ2) is 9.53. The van der Waals surface area contributed by atoms with Crippen LogP contribution in [0.25, 0.3) is 10.9 Å². The molecule has 160 valence electrons. The molecule has 0 saturated heterocycles. The van der Waals surface area contributed by atoms with Crippen molar-refractivity contribution in [2.75, 3.05) is 25.1 Å². The number of carbonyl (C=O) groups excluding carboxylic acids is 2. The third kappa shape index (κ3) is 4.80. The number of hydrogen-bond donors (Lipinski definition) is 3. The molecule has 2 aromatic heterocycles. The highest BCUT2D eigenvalue weighted by molar-refractivity contribution is 6.14. The van der Waals surface area contributed by atoms with E-state index < -0.39 is 0 Å². The van der Waals surface area contributed by atoms with Crippen LogP contribution in [-0.4, -0.2) is 46.6 Å². The highest BCUT2D eigenvalue weighted by atomic mass is 16.5. The van der Waals surface area contributed by atoms with Crippen molar-refractivity contribution in [2.45, 2.75) is 19.3 Å². The number of hydrogen-bond acceptors (Lipinski definition) is 6. The van der Waals surface area contributed by atoms with Crippen molar-refractivity contribution in [1.82, 2.24) is 15.3 Å². The smallest absolute Gasteiger partial charge is 0.272 e. The molecule has 1 saturated carbocycles. The average Bonchev–Trinajstić information content (AvgIpc) is 2.76. The number of aromatic nitrogens is 2. The highest BCUT2D eigenvalue weighted by Crippen LogP contribution is 2.26. The number of rotatable bonds is 8. The Morgan fingerprint density at radius 3 is 2.71 bits per heavy atom. The molecule has 0 spiro atoms. The number of ether oxygens (including phenoxy) is 1. The van der Waals surface area contributed by atoms with Gasteiger partial charge in [0, 0.05) is 24.2 Å². The Morgan fingerprint density at radius 2 is 1.94 bits per heavy atom. The molecule has 2 heterocycles. The summed E-state index contributed by atoms with van der Waals surface area (Å²) < 4.78 is 5.34. The second-order valence-electron chi connectivity index (χ2n) is 7.45. The van der Waals surface area contributed by atoms with Gasteiger partial charge in [0.05, 0.1) is 23.4 Å². The molecule has 8 heteroatoms. The summed E-state index contributed by atoms with van der Waals surface area (Å²) in [6.07, 6.45) is 4.97. The van der Waals surface area contributed by atoms with Gasteiger partial charge in [0.15, 0.2) is 5.69 Å². The fraction of sp³-hybridized carbons (Fsp3) is 0.304. The van der Waals surface area contributed by atoms with Gasteiger partial charge < -0.3 is 20.5 Å². The molecule has 8 nitrogen and oxygen atoms in total. The molecule has 1 aliphatic carbocycles. The first-order valence-electron chi connectivity index (χ1n) is 10.3. The molecule has 2 amide bonds. The van der Waals surface area contributed by atoms with E-state index in [1.54, 1.807) is 24.4 Å². The molecule has 1 aliphatic rings. The van der Waals surface area contributed by atoms with E-state index in [9.17, 15) is 9.59 Å². The fourth-order valence-electron chi connectivity index (χ4n) is 3.45. The number of nitrogens with zero attached hydrogens (tertiary/aromatic N) is 2. The summed E-state index contributed by atoms with van der Waals surface area (Å²) in [6, 6.07) is 12.1. The predicted octanol–water partition coefficient (Wildman–Crippen LogP) is 2.78. The van der Waals surface area contributed by atoms with E-state index in [1.165, 1.54) is 6.42 Å². The lowest BCUT2D eigenvalue weighted by molar-refractivity contribution is 0.0933. The van der Waals surface area contributed by atoms with Gasteiger partial charge in [0.2, 0.25) is 5.88 Å². The lowest BCUT2D eigenvalue weighted by Crippen LogP contribution is -2.33. The molecule has 0 aliphatic heterocycles. The van der Waals surface area contributed by atoms with E-state index >= 15 is 0 Å². The molecule has 0 bridgehead atoms. The van der Waals surface area contributed by atoms with Gasteiger partial charge in [0.1, 0.15) is 6.61 Å². The highest BCUT2D eigenvalue weighted by Gasteiger charge is 2.22. The number of aliphatic hydroxyl groups is 1. The largest absolute Gasteiger partial charge is 0.475 e. The Bertz CT molecular complexity index is 1090. The van der Waals surface area contributed by atoms with Gasteiger partial charge in [-0.15, -0.1) is 0 Å². The van der Waals surface area contributed by atoms with Crippen LogP contribution in [0.15, 0.2) is 48.7 Å². The molecular formula is C23H24N4O4. The number of pyridine rings is 2. The van der Waals surface area contributed by atoms with Crippen molar-refractivity contribution in [3.63, 3.8) is 0 Å². The number of benzene rings is 1. The van der Waals surface area contributed by atoms with Gasteiger partial charge in [-0.25, -0.2) is 4.98 Å². The van der Waals surface area contributed by atoms with Crippen LogP contribution in [0.1, 0.15) is 40.1 Å². The van der Waals surface area contributed by atoms with E-state index in [0.29, 0.717) is 28.9 Å². The maximum atomic E-state index is 13.0. The van der Waals surface area contributed by atoms with Gasteiger partial charge >= 0.3 is 0 Å². The van der Waals surface area contributed by atoms with E-state index in [4.69, 9.17) is 9.84 Å². The van der Waals surface area contributed by atoms with Gasteiger partial charge in [-0.05, 0) is 37.0 Å². The molecule has 0 atom stereocenters. The Hall–Kier alpha value is -3.52. The normalized spacial score (nSPS) is 13.5.